The molecule has 0 aliphatic carbocycles. The van der Waals surface area contributed by atoms with Gasteiger partial charge in [0.05, 0.1) is 16.6 Å². The van der Waals surface area contributed by atoms with Crippen molar-refractivity contribution in [2.75, 3.05) is 0 Å². The van der Waals surface area contributed by atoms with Crippen LogP contribution < -0.4 is 0 Å². The van der Waals surface area contributed by atoms with E-state index < -0.39 is 0 Å². The van der Waals surface area contributed by atoms with E-state index in [0.717, 1.165) is 16.7 Å². The Hall–Kier alpha value is -4.95. The average molecular weight is 471 g/mol. The SMILES string of the molecule is c1ccc(-c2ccc(-c3ccc4c(c3)c3c5ccccc5ccc3c3nc5ccccc5n43)cc2)cc1. The van der Waals surface area contributed by atoms with Gasteiger partial charge in [0.1, 0.15) is 5.65 Å². The number of fused-ring (bicyclic) bond motifs is 10. The highest BCUT2D eigenvalue weighted by molar-refractivity contribution is 6.24. The lowest BCUT2D eigenvalue weighted by molar-refractivity contribution is 1.32. The number of hydrogen-bond acceptors (Lipinski definition) is 1. The summed E-state index contributed by atoms with van der Waals surface area (Å²) in [6.45, 7) is 0. The summed E-state index contributed by atoms with van der Waals surface area (Å²) >= 11 is 0. The Kier molecular flexibility index (Phi) is 4.26. The molecule has 0 amide bonds. The number of aromatic nitrogens is 2. The number of imidazole rings is 1. The van der Waals surface area contributed by atoms with Crippen molar-refractivity contribution in [2.45, 2.75) is 0 Å². The summed E-state index contributed by atoms with van der Waals surface area (Å²) in [4.78, 5) is 5.08. The van der Waals surface area contributed by atoms with Crippen LogP contribution in [-0.4, -0.2) is 9.38 Å². The molecule has 0 radical (unpaired) electrons. The highest BCUT2D eigenvalue weighted by Crippen LogP contribution is 2.38. The molecule has 2 heterocycles. The Morgan fingerprint density at radius 3 is 1.97 bits per heavy atom. The van der Waals surface area contributed by atoms with Gasteiger partial charge in [0.2, 0.25) is 0 Å². The first-order valence-electron chi connectivity index (χ1n) is 12.7. The van der Waals surface area contributed by atoms with Crippen LogP contribution in [0.1, 0.15) is 0 Å². The molecule has 0 N–H and O–H groups in total. The standard InChI is InChI=1S/C35H22N2/c1-2-8-23(9-3-1)24-14-16-25(17-15-24)27-19-21-32-30(22-27)34-28-11-5-4-10-26(28)18-20-29(34)35-36-31-12-6-7-13-33(31)37(32)35/h1-22H. The largest absolute Gasteiger partial charge is 0.292 e. The van der Waals surface area contributed by atoms with Gasteiger partial charge < -0.3 is 0 Å². The highest BCUT2D eigenvalue weighted by atomic mass is 15.0. The normalized spacial score (nSPS) is 11.8. The topological polar surface area (TPSA) is 17.3 Å². The Morgan fingerprint density at radius 1 is 0.432 bits per heavy atom. The molecule has 0 unspecified atom stereocenters. The fraction of sp³-hybridized carbons (Fsp3) is 0. The number of benzene rings is 6. The van der Waals surface area contributed by atoms with E-state index in [4.69, 9.17) is 4.98 Å². The fourth-order valence-electron chi connectivity index (χ4n) is 5.80. The van der Waals surface area contributed by atoms with Crippen LogP contribution in [0.2, 0.25) is 0 Å². The van der Waals surface area contributed by atoms with Crippen molar-refractivity contribution in [2.24, 2.45) is 0 Å². The molecule has 2 heteroatoms. The zero-order chi connectivity index (χ0) is 24.3. The summed E-state index contributed by atoms with van der Waals surface area (Å²) in [5.41, 5.74) is 9.23. The molecule has 8 rings (SSSR count). The van der Waals surface area contributed by atoms with Crippen LogP contribution in [-0.2, 0) is 0 Å². The van der Waals surface area contributed by atoms with E-state index in [2.05, 4.69) is 138 Å². The Bertz CT molecular complexity index is 2120. The average Bonchev–Trinajstić information content (AvgIpc) is 3.37. The van der Waals surface area contributed by atoms with Gasteiger partial charge in [-0.1, -0.05) is 103 Å². The minimum absolute atomic E-state index is 1.01. The van der Waals surface area contributed by atoms with E-state index in [1.54, 1.807) is 0 Å². The number of hydrogen-bond donors (Lipinski definition) is 0. The molecule has 0 fully saturated rings. The van der Waals surface area contributed by atoms with Crippen molar-refractivity contribution in [1.82, 2.24) is 9.38 Å². The van der Waals surface area contributed by atoms with E-state index in [9.17, 15) is 0 Å². The molecular weight excluding hydrogens is 448 g/mol. The van der Waals surface area contributed by atoms with Gasteiger partial charge in [-0.2, -0.15) is 0 Å². The lowest BCUT2D eigenvalue weighted by atomic mass is 9.95. The minimum atomic E-state index is 1.01. The van der Waals surface area contributed by atoms with Crippen LogP contribution in [0, 0.1) is 0 Å². The lowest BCUT2D eigenvalue weighted by Crippen LogP contribution is -1.93. The molecule has 8 aromatic rings. The smallest absolute Gasteiger partial charge is 0.146 e. The maximum atomic E-state index is 5.08. The van der Waals surface area contributed by atoms with Gasteiger partial charge in [-0.15, -0.1) is 0 Å². The van der Waals surface area contributed by atoms with E-state index >= 15 is 0 Å². The second-order valence-electron chi connectivity index (χ2n) is 9.64. The van der Waals surface area contributed by atoms with Gasteiger partial charge in [0.15, 0.2) is 0 Å². The molecule has 0 saturated heterocycles. The van der Waals surface area contributed by atoms with Gasteiger partial charge in [0, 0.05) is 16.2 Å². The highest BCUT2D eigenvalue weighted by Gasteiger charge is 2.16. The summed E-state index contributed by atoms with van der Waals surface area (Å²) in [6.07, 6.45) is 0. The molecule has 37 heavy (non-hydrogen) atoms. The van der Waals surface area contributed by atoms with Gasteiger partial charge in [-0.3, -0.25) is 4.40 Å². The van der Waals surface area contributed by atoms with Crippen LogP contribution in [0.5, 0.6) is 0 Å². The molecule has 2 nitrogen and oxygen atoms in total. The number of pyridine rings is 1. The Labute approximate surface area is 214 Å². The second-order valence-corrected chi connectivity index (χ2v) is 9.64. The van der Waals surface area contributed by atoms with Crippen molar-refractivity contribution >= 4 is 49.1 Å². The quantitative estimate of drug-likeness (QED) is 0.230. The Morgan fingerprint density at radius 2 is 1.11 bits per heavy atom. The van der Waals surface area contributed by atoms with Crippen molar-refractivity contribution < 1.29 is 0 Å². The second kappa shape index (κ2) is 7.78. The van der Waals surface area contributed by atoms with E-state index in [1.165, 1.54) is 54.7 Å². The monoisotopic (exact) mass is 470 g/mol. The third-order valence-electron chi connectivity index (χ3n) is 7.56. The van der Waals surface area contributed by atoms with Crippen LogP contribution >= 0.6 is 0 Å². The molecular formula is C35H22N2. The van der Waals surface area contributed by atoms with Gasteiger partial charge in [0.25, 0.3) is 0 Å². The molecule has 0 saturated carbocycles. The molecule has 0 atom stereocenters. The van der Waals surface area contributed by atoms with Crippen molar-refractivity contribution in [3.05, 3.63) is 133 Å². The fourth-order valence-corrected chi connectivity index (χ4v) is 5.80. The molecule has 0 aliphatic rings. The third-order valence-corrected chi connectivity index (χ3v) is 7.56. The number of rotatable bonds is 2. The predicted octanol–water partition coefficient (Wildman–Crippen LogP) is 9.28. The molecule has 172 valence electrons. The molecule has 2 aromatic heterocycles. The van der Waals surface area contributed by atoms with Gasteiger partial charge >= 0.3 is 0 Å². The first-order chi connectivity index (χ1) is 18.3. The molecule has 0 aliphatic heterocycles. The first-order valence-corrected chi connectivity index (χ1v) is 12.7. The molecule has 6 aromatic carbocycles. The maximum absolute atomic E-state index is 5.08. The molecule has 0 spiro atoms. The van der Waals surface area contributed by atoms with Crippen molar-refractivity contribution in [1.29, 1.82) is 0 Å². The maximum Gasteiger partial charge on any atom is 0.146 e. The predicted molar refractivity (Wildman–Crippen MR) is 156 cm³/mol. The van der Waals surface area contributed by atoms with Crippen LogP contribution in [0.3, 0.4) is 0 Å². The summed E-state index contributed by atoms with van der Waals surface area (Å²) in [5, 5.41) is 6.19. The van der Waals surface area contributed by atoms with Crippen molar-refractivity contribution in [3.63, 3.8) is 0 Å². The van der Waals surface area contributed by atoms with Gasteiger partial charge in [-0.25, -0.2) is 4.98 Å². The minimum Gasteiger partial charge on any atom is -0.292 e. The van der Waals surface area contributed by atoms with E-state index in [0.29, 0.717) is 0 Å². The van der Waals surface area contributed by atoms with Gasteiger partial charge in [-0.05, 0) is 63.4 Å². The van der Waals surface area contributed by atoms with Crippen LogP contribution in [0.15, 0.2) is 133 Å². The summed E-state index contributed by atoms with van der Waals surface area (Å²) in [7, 11) is 0. The zero-order valence-electron chi connectivity index (χ0n) is 20.1. The lowest BCUT2D eigenvalue weighted by Gasteiger charge is -2.13. The first kappa shape index (κ1) is 20.3. The summed E-state index contributed by atoms with van der Waals surface area (Å²) in [6, 6.07) is 47.8. The molecule has 0 bridgehead atoms. The Balaban J connectivity index is 1.45. The summed E-state index contributed by atoms with van der Waals surface area (Å²) in [5.74, 6) is 0. The zero-order valence-corrected chi connectivity index (χ0v) is 20.1. The van der Waals surface area contributed by atoms with E-state index in [1.807, 2.05) is 0 Å². The van der Waals surface area contributed by atoms with E-state index in [-0.39, 0.29) is 0 Å². The van der Waals surface area contributed by atoms with Crippen LogP contribution in [0.25, 0.3) is 71.4 Å². The van der Waals surface area contributed by atoms with Crippen molar-refractivity contribution in [3.8, 4) is 22.3 Å². The summed E-state index contributed by atoms with van der Waals surface area (Å²) < 4.78 is 2.32. The van der Waals surface area contributed by atoms with Crippen LogP contribution in [0.4, 0.5) is 0 Å². The number of para-hydroxylation sites is 2. The third kappa shape index (κ3) is 3.03. The number of nitrogens with zero attached hydrogens (tertiary/aromatic N) is 2.